The minimum atomic E-state index is 0.233. The molecule has 2 rings (SSSR count). The number of benzene rings is 1. The Hall–Kier alpha value is -1.35. The van der Waals surface area contributed by atoms with E-state index in [4.69, 9.17) is 4.74 Å². The zero-order valence-electron chi connectivity index (χ0n) is 11.0. The van der Waals surface area contributed by atoms with Gasteiger partial charge in [0.25, 0.3) is 0 Å². The first kappa shape index (κ1) is 13.1. The molecular formula is C15H21NO2. The van der Waals surface area contributed by atoms with Crippen LogP contribution in [0, 0.1) is 0 Å². The van der Waals surface area contributed by atoms with Crippen molar-refractivity contribution in [3.8, 4) is 5.75 Å². The molecule has 1 fully saturated rings. The second-order valence-corrected chi connectivity index (χ2v) is 4.80. The smallest absolute Gasteiger partial charge is 0.162 e. The van der Waals surface area contributed by atoms with Crippen molar-refractivity contribution in [3.05, 3.63) is 29.8 Å². The molecule has 1 aromatic rings. The molecular weight excluding hydrogens is 226 g/mol. The minimum absolute atomic E-state index is 0.233. The maximum Gasteiger partial charge on any atom is 0.162 e. The van der Waals surface area contributed by atoms with Gasteiger partial charge < -0.3 is 9.64 Å². The van der Waals surface area contributed by atoms with Gasteiger partial charge in [-0.1, -0.05) is 0 Å². The minimum Gasteiger partial charge on any atom is -0.497 e. The number of ether oxygens (including phenoxy) is 1. The number of ketones is 1. The Morgan fingerprint density at radius 3 is 2.50 bits per heavy atom. The average Bonchev–Trinajstić information content (AvgIpc) is 2.92. The normalized spacial score (nSPS) is 15.8. The molecule has 0 aliphatic carbocycles. The lowest BCUT2D eigenvalue weighted by Gasteiger charge is -2.13. The van der Waals surface area contributed by atoms with E-state index in [0.717, 1.165) is 24.3 Å². The van der Waals surface area contributed by atoms with Crippen LogP contribution in [0.1, 0.15) is 36.0 Å². The highest BCUT2D eigenvalue weighted by Crippen LogP contribution is 2.14. The molecule has 3 nitrogen and oxygen atoms in total. The number of likely N-dealkylation sites (tertiary alicyclic amines) is 1. The number of methoxy groups -OCH3 is 1. The summed E-state index contributed by atoms with van der Waals surface area (Å²) in [7, 11) is 1.63. The number of Topliss-reactive ketones (excluding diaryl/α,β-unsaturated/α-hetero) is 1. The topological polar surface area (TPSA) is 29.5 Å². The van der Waals surface area contributed by atoms with Crippen molar-refractivity contribution in [3.63, 3.8) is 0 Å². The van der Waals surface area contributed by atoms with Gasteiger partial charge in [0.05, 0.1) is 7.11 Å². The lowest BCUT2D eigenvalue weighted by molar-refractivity contribution is 0.0976. The second-order valence-electron chi connectivity index (χ2n) is 4.80. The Morgan fingerprint density at radius 2 is 1.89 bits per heavy atom. The van der Waals surface area contributed by atoms with Gasteiger partial charge in [0, 0.05) is 12.0 Å². The molecule has 0 saturated carbocycles. The van der Waals surface area contributed by atoms with Crippen LogP contribution in [0.4, 0.5) is 0 Å². The van der Waals surface area contributed by atoms with Gasteiger partial charge in [0.1, 0.15) is 5.75 Å². The van der Waals surface area contributed by atoms with Gasteiger partial charge in [-0.05, 0) is 63.2 Å². The van der Waals surface area contributed by atoms with E-state index < -0.39 is 0 Å². The second kappa shape index (κ2) is 6.55. The fourth-order valence-electron chi connectivity index (χ4n) is 2.39. The Morgan fingerprint density at radius 1 is 1.22 bits per heavy atom. The Labute approximate surface area is 109 Å². The quantitative estimate of drug-likeness (QED) is 0.724. The van der Waals surface area contributed by atoms with E-state index in [1.165, 1.54) is 25.9 Å². The molecule has 18 heavy (non-hydrogen) atoms. The summed E-state index contributed by atoms with van der Waals surface area (Å²) >= 11 is 0. The van der Waals surface area contributed by atoms with E-state index >= 15 is 0 Å². The van der Waals surface area contributed by atoms with Crippen LogP contribution < -0.4 is 4.74 Å². The van der Waals surface area contributed by atoms with Crippen LogP contribution in [0.15, 0.2) is 24.3 Å². The van der Waals surface area contributed by atoms with E-state index in [0.29, 0.717) is 6.42 Å². The molecule has 0 bridgehead atoms. The summed E-state index contributed by atoms with van der Waals surface area (Å²) in [5, 5.41) is 0. The molecule has 0 unspecified atom stereocenters. The third kappa shape index (κ3) is 3.57. The lowest BCUT2D eigenvalue weighted by atomic mass is 10.1. The SMILES string of the molecule is COc1ccc(C(=O)CCCN2CCCC2)cc1. The molecule has 0 atom stereocenters. The molecule has 0 spiro atoms. The largest absolute Gasteiger partial charge is 0.497 e. The van der Waals surface area contributed by atoms with Crippen LogP contribution in [0.2, 0.25) is 0 Å². The summed E-state index contributed by atoms with van der Waals surface area (Å²) in [6, 6.07) is 7.37. The first-order chi connectivity index (χ1) is 8.79. The Bertz CT molecular complexity index is 380. The number of rotatable bonds is 6. The molecule has 0 radical (unpaired) electrons. The first-order valence-corrected chi connectivity index (χ1v) is 6.69. The number of carbonyl (C=O) groups excluding carboxylic acids is 1. The number of hydrogen-bond acceptors (Lipinski definition) is 3. The standard InChI is InChI=1S/C15H21NO2/c1-18-14-8-6-13(7-9-14)15(17)5-4-12-16-10-2-3-11-16/h6-9H,2-5,10-12H2,1H3. The van der Waals surface area contributed by atoms with Crippen LogP contribution in [0.25, 0.3) is 0 Å². The maximum absolute atomic E-state index is 12.0. The van der Waals surface area contributed by atoms with E-state index in [1.807, 2.05) is 24.3 Å². The maximum atomic E-state index is 12.0. The molecule has 1 aliphatic heterocycles. The third-order valence-electron chi connectivity index (χ3n) is 3.49. The summed E-state index contributed by atoms with van der Waals surface area (Å²) in [6.45, 7) is 3.47. The zero-order valence-corrected chi connectivity index (χ0v) is 11.0. The number of nitrogens with zero attached hydrogens (tertiary/aromatic N) is 1. The van der Waals surface area contributed by atoms with Gasteiger partial charge in [-0.2, -0.15) is 0 Å². The van der Waals surface area contributed by atoms with Crippen LogP contribution in [0.5, 0.6) is 5.75 Å². The van der Waals surface area contributed by atoms with Crippen molar-refractivity contribution in [1.82, 2.24) is 4.90 Å². The van der Waals surface area contributed by atoms with Gasteiger partial charge in [-0.25, -0.2) is 0 Å². The highest BCUT2D eigenvalue weighted by molar-refractivity contribution is 5.96. The summed E-state index contributed by atoms with van der Waals surface area (Å²) in [5.41, 5.74) is 0.789. The van der Waals surface area contributed by atoms with Crippen molar-refractivity contribution < 1.29 is 9.53 Å². The fourth-order valence-corrected chi connectivity index (χ4v) is 2.39. The molecule has 98 valence electrons. The molecule has 1 aromatic carbocycles. The zero-order chi connectivity index (χ0) is 12.8. The van der Waals surface area contributed by atoms with Crippen LogP contribution >= 0.6 is 0 Å². The highest BCUT2D eigenvalue weighted by atomic mass is 16.5. The predicted octanol–water partition coefficient (Wildman–Crippen LogP) is 2.75. The lowest BCUT2D eigenvalue weighted by Crippen LogP contribution is -2.21. The van der Waals surface area contributed by atoms with Crippen LogP contribution in [0.3, 0.4) is 0 Å². The highest BCUT2D eigenvalue weighted by Gasteiger charge is 2.12. The van der Waals surface area contributed by atoms with Crippen molar-refractivity contribution >= 4 is 5.78 Å². The van der Waals surface area contributed by atoms with Crippen molar-refractivity contribution in [2.45, 2.75) is 25.7 Å². The first-order valence-electron chi connectivity index (χ1n) is 6.69. The van der Waals surface area contributed by atoms with Crippen molar-refractivity contribution in [1.29, 1.82) is 0 Å². The number of hydrogen-bond donors (Lipinski definition) is 0. The summed E-state index contributed by atoms with van der Waals surface area (Å²) in [6.07, 6.45) is 4.23. The Kier molecular flexibility index (Phi) is 4.76. The van der Waals surface area contributed by atoms with Crippen LogP contribution in [-0.4, -0.2) is 37.4 Å². The summed E-state index contributed by atoms with van der Waals surface area (Å²) < 4.78 is 5.08. The molecule has 3 heteroatoms. The van der Waals surface area contributed by atoms with Gasteiger partial charge in [-0.3, -0.25) is 4.79 Å². The third-order valence-corrected chi connectivity index (χ3v) is 3.49. The summed E-state index contributed by atoms with van der Waals surface area (Å²) in [4.78, 5) is 14.4. The fraction of sp³-hybridized carbons (Fsp3) is 0.533. The molecule has 0 amide bonds. The van der Waals surface area contributed by atoms with Crippen molar-refractivity contribution in [2.75, 3.05) is 26.7 Å². The van der Waals surface area contributed by atoms with E-state index in [1.54, 1.807) is 7.11 Å². The molecule has 0 aromatic heterocycles. The number of carbonyl (C=O) groups is 1. The monoisotopic (exact) mass is 247 g/mol. The van der Waals surface area contributed by atoms with Crippen LogP contribution in [-0.2, 0) is 0 Å². The average molecular weight is 247 g/mol. The predicted molar refractivity (Wildman–Crippen MR) is 72.2 cm³/mol. The molecule has 0 N–H and O–H groups in total. The van der Waals surface area contributed by atoms with Gasteiger partial charge in [0.2, 0.25) is 0 Å². The van der Waals surface area contributed by atoms with E-state index in [9.17, 15) is 4.79 Å². The van der Waals surface area contributed by atoms with Gasteiger partial charge in [0.15, 0.2) is 5.78 Å². The molecule has 1 saturated heterocycles. The molecule has 1 aliphatic rings. The Balaban J connectivity index is 1.76. The van der Waals surface area contributed by atoms with Crippen molar-refractivity contribution in [2.24, 2.45) is 0 Å². The van der Waals surface area contributed by atoms with Gasteiger partial charge >= 0.3 is 0 Å². The van der Waals surface area contributed by atoms with Gasteiger partial charge in [-0.15, -0.1) is 0 Å². The molecule has 1 heterocycles. The van der Waals surface area contributed by atoms with E-state index in [2.05, 4.69) is 4.90 Å². The summed E-state index contributed by atoms with van der Waals surface area (Å²) in [5.74, 6) is 1.03. The van der Waals surface area contributed by atoms with E-state index in [-0.39, 0.29) is 5.78 Å².